The summed E-state index contributed by atoms with van der Waals surface area (Å²) in [5.74, 6) is 3.04. The second-order valence-corrected chi connectivity index (χ2v) is 9.26. The minimum absolute atomic E-state index is 0.129. The maximum atomic E-state index is 12.0. The molecule has 0 N–H and O–H groups in total. The highest BCUT2D eigenvalue weighted by Gasteiger charge is 2.21. The number of rotatable bonds is 14. The van der Waals surface area contributed by atoms with Crippen LogP contribution in [0, 0.1) is 18.8 Å². The number of hydrogen-bond acceptors (Lipinski definition) is 3. The van der Waals surface area contributed by atoms with Gasteiger partial charge in [-0.2, -0.15) is 0 Å². The molecule has 0 bridgehead atoms. The summed E-state index contributed by atoms with van der Waals surface area (Å²) in [5, 5.41) is 0. The molecule has 1 aliphatic rings. The number of aryl methyl sites for hydroxylation is 1. The highest BCUT2D eigenvalue weighted by atomic mass is 16.5. The number of unbranched alkanes of at least 4 members (excludes halogenated alkanes) is 6. The van der Waals surface area contributed by atoms with E-state index >= 15 is 0 Å². The average Bonchev–Trinajstić information content (AvgIpc) is 2.74. The quantitative estimate of drug-likeness (QED) is 0.175. The molecule has 0 heterocycles. The molecule has 0 unspecified atom stereocenters. The number of hydrogen-bond donors (Lipinski definition) is 0. The number of carbonyl (C=O) groups excluding carboxylic acids is 1. The van der Waals surface area contributed by atoms with E-state index in [0.717, 1.165) is 36.7 Å². The number of ether oxygens (including phenoxy) is 2. The molecule has 0 aromatic heterocycles. The molecule has 1 aromatic carbocycles. The molecule has 1 fully saturated rings. The van der Waals surface area contributed by atoms with Gasteiger partial charge in [-0.3, -0.25) is 4.79 Å². The molecule has 0 amide bonds. The van der Waals surface area contributed by atoms with Gasteiger partial charge >= 0.3 is 5.97 Å². The fraction of sp³-hybridized carbons (Fsp3) is 0.741. The number of esters is 1. The molecule has 0 radical (unpaired) electrons. The maximum absolute atomic E-state index is 12.0. The van der Waals surface area contributed by atoms with Crippen LogP contribution in [-0.2, 0) is 4.79 Å². The fourth-order valence-corrected chi connectivity index (χ4v) is 4.48. The van der Waals surface area contributed by atoms with Crippen LogP contribution in [0.3, 0.4) is 0 Å². The molecule has 0 spiro atoms. The second-order valence-electron chi connectivity index (χ2n) is 9.26. The van der Waals surface area contributed by atoms with E-state index in [1.165, 1.54) is 70.6 Å². The Kier molecular flexibility index (Phi) is 12.0. The molecule has 0 atom stereocenters. The van der Waals surface area contributed by atoms with E-state index in [-0.39, 0.29) is 5.97 Å². The van der Waals surface area contributed by atoms with Gasteiger partial charge in [-0.1, -0.05) is 78.1 Å². The lowest BCUT2D eigenvalue weighted by atomic mass is 9.80. The van der Waals surface area contributed by atoms with Gasteiger partial charge in [0.1, 0.15) is 11.5 Å². The van der Waals surface area contributed by atoms with Gasteiger partial charge in [0.15, 0.2) is 0 Å². The van der Waals surface area contributed by atoms with Gasteiger partial charge in [0.25, 0.3) is 0 Å². The molecule has 1 saturated carbocycles. The topological polar surface area (TPSA) is 35.5 Å². The first-order valence-electron chi connectivity index (χ1n) is 12.6. The van der Waals surface area contributed by atoms with Crippen LogP contribution >= 0.6 is 0 Å². The van der Waals surface area contributed by atoms with Crippen LogP contribution in [0.25, 0.3) is 0 Å². The minimum atomic E-state index is -0.129. The number of benzene rings is 1. The fourth-order valence-electron chi connectivity index (χ4n) is 4.48. The molecule has 1 aliphatic carbocycles. The van der Waals surface area contributed by atoms with Crippen molar-refractivity contribution in [3.63, 3.8) is 0 Å². The molecular weight excluding hydrogens is 372 g/mol. The molecule has 3 heteroatoms. The van der Waals surface area contributed by atoms with Gasteiger partial charge in [-0.15, -0.1) is 0 Å². The predicted molar refractivity (Wildman–Crippen MR) is 125 cm³/mol. The van der Waals surface area contributed by atoms with Crippen molar-refractivity contribution < 1.29 is 14.3 Å². The normalized spacial score (nSPS) is 18.9. The van der Waals surface area contributed by atoms with Crippen molar-refractivity contribution in [2.75, 3.05) is 6.61 Å². The third-order valence-electron chi connectivity index (χ3n) is 6.52. The van der Waals surface area contributed by atoms with Crippen LogP contribution in [0.5, 0.6) is 11.5 Å². The summed E-state index contributed by atoms with van der Waals surface area (Å²) in [4.78, 5) is 12.0. The lowest BCUT2D eigenvalue weighted by molar-refractivity contribution is -0.134. The van der Waals surface area contributed by atoms with E-state index in [1.807, 2.05) is 25.1 Å². The summed E-state index contributed by atoms with van der Waals surface area (Å²) in [6, 6.07) is 5.74. The van der Waals surface area contributed by atoms with Crippen molar-refractivity contribution in [3.8, 4) is 11.5 Å². The van der Waals surface area contributed by atoms with Gasteiger partial charge in [0.2, 0.25) is 0 Å². The van der Waals surface area contributed by atoms with Crippen molar-refractivity contribution in [1.82, 2.24) is 0 Å². The first kappa shape index (κ1) is 24.8. The summed E-state index contributed by atoms with van der Waals surface area (Å²) in [5.41, 5.74) is 1.04. The Morgan fingerprint density at radius 2 is 1.57 bits per heavy atom. The molecule has 3 nitrogen and oxygen atoms in total. The Labute approximate surface area is 184 Å². The monoisotopic (exact) mass is 416 g/mol. The average molecular weight is 417 g/mol. The van der Waals surface area contributed by atoms with Crippen LogP contribution in [-0.4, -0.2) is 12.6 Å². The first-order valence-corrected chi connectivity index (χ1v) is 12.6. The highest BCUT2D eigenvalue weighted by molar-refractivity contribution is 5.72. The van der Waals surface area contributed by atoms with E-state index < -0.39 is 0 Å². The zero-order chi connectivity index (χ0) is 21.6. The summed E-state index contributed by atoms with van der Waals surface area (Å²) in [6.07, 6.45) is 17.0. The number of carbonyl (C=O) groups is 1. The summed E-state index contributed by atoms with van der Waals surface area (Å²) in [6.45, 7) is 7.31. The van der Waals surface area contributed by atoms with Crippen LogP contribution in [0.2, 0.25) is 0 Å². The van der Waals surface area contributed by atoms with Crippen molar-refractivity contribution >= 4 is 5.97 Å². The molecule has 1 aromatic rings. The third-order valence-corrected chi connectivity index (χ3v) is 6.52. The molecule has 2 rings (SSSR count). The van der Waals surface area contributed by atoms with Gasteiger partial charge < -0.3 is 9.47 Å². The lowest BCUT2D eigenvalue weighted by Crippen LogP contribution is -2.20. The second kappa shape index (κ2) is 14.5. The molecule has 170 valence electrons. The minimum Gasteiger partial charge on any atom is -0.493 e. The van der Waals surface area contributed by atoms with E-state index in [2.05, 4.69) is 13.8 Å². The molecular formula is C27H44O3. The van der Waals surface area contributed by atoms with E-state index in [0.29, 0.717) is 18.1 Å². The smallest absolute Gasteiger partial charge is 0.311 e. The van der Waals surface area contributed by atoms with Crippen LogP contribution in [0.1, 0.15) is 109 Å². The van der Waals surface area contributed by atoms with Gasteiger partial charge in [-0.25, -0.2) is 0 Å². The third kappa shape index (κ3) is 9.53. The molecule has 0 aliphatic heterocycles. The van der Waals surface area contributed by atoms with Gasteiger partial charge in [0.05, 0.1) is 6.61 Å². The van der Waals surface area contributed by atoms with Gasteiger partial charge in [-0.05, 0) is 61.8 Å². The lowest BCUT2D eigenvalue weighted by Gasteiger charge is -2.28. The van der Waals surface area contributed by atoms with Crippen molar-refractivity contribution in [3.05, 3.63) is 23.8 Å². The Hall–Kier alpha value is -1.51. The maximum Gasteiger partial charge on any atom is 0.311 e. The Morgan fingerprint density at radius 1 is 0.900 bits per heavy atom. The standard InChI is InChI=1S/C27H44O3/c1-4-6-8-9-11-13-27(28)30-25-18-19-26(22(3)20-25)29-21-24-16-14-23(15-17-24)12-10-7-5-2/h18-20,23-24H,4-17,21H2,1-3H3/t23-,24-. The Morgan fingerprint density at radius 3 is 2.27 bits per heavy atom. The first-order chi connectivity index (χ1) is 14.6. The summed E-state index contributed by atoms with van der Waals surface area (Å²) >= 11 is 0. The van der Waals surface area contributed by atoms with Crippen LogP contribution in [0.4, 0.5) is 0 Å². The van der Waals surface area contributed by atoms with Crippen molar-refractivity contribution in [2.24, 2.45) is 11.8 Å². The van der Waals surface area contributed by atoms with E-state index in [1.54, 1.807) is 0 Å². The zero-order valence-electron chi connectivity index (χ0n) is 19.7. The summed E-state index contributed by atoms with van der Waals surface area (Å²) in [7, 11) is 0. The van der Waals surface area contributed by atoms with Crippen molar-refractivity contribution in [1.29, 1.82) is 0 Å². The van der Waals surface area contributed by atoms with Crippen LogP contribution in [0.15, 0.2) is 18.2 Å². The zero-order valence-corrected chi connectivity index (χ0v) is 19.7. The summed E-state index contributed by atoms with van der Waals surface area (Å²) < 4.78 is 11.6. The van der Waals surface area contributed by atoms with Crippen molar-refractivity contribution in [2.45, 2.75) is 111 Å². The van der Waals surface area contributed by atoms with Gasteiger partial charge in [0, 0.05) is 6.42 Å². The largest absolute Gasteiger partial charge is 0.493 e. The Balaban J connectivity index is 1.67. The Bertz CT molecular complexity index is 602. The molecule has 30 heavy (non-hydrogen) atoms. The predicted octanol–water partition coefficient (Wildman–Crippen LogP) is 8.03. The highest BCUT2D eigenvalue weighted by Crippen LogP contribution is 2.33. The SMILES string of the molecule is CCCCCCCC(=O)Oc1ccc(OC[C@H]2CC[C@H](CCCCC)CC2)c(C)c1. The van der Waals surface area contributed by atoms with Crippen LogP contribution < -0.4 is 9.47 Å². The van der Waals surface area contributed by atoms with E-state index in [4.69, 9.17) is 9.47 Å². The van der Waals surface area contributed by atoms with E-state index in [9.17, 15) is 4.79 Å². The molecule has 0 saturated heterocycles.